The zero-order valence-corrected chi connectivity index (χ0v) is 42.9. The van der Waals surface area contributed by atoms with Gasteiger partial charge in [0.05, 0.1) is 5.92 Å². The van der Waals surface area contributed by atoms with Crippen LogP contribution in [0.15, 0.2) is 121 Å². The van der Waals surface area contributed by atoms with Crippen LogP contribution in [0.1, 0.15) is 127 Å². The number of carbonyl (C=O) groups is 2. The maximum absolute atomic E-state index is 14.2. The molecule has 1 saturated carbocycles. The van der Waals surface area contributed by atoms with Crippen molar-refractivity contribution in [3.8, 4) is 0 Å². The SMILES string of the molecule is CCCCCCCC(=O)O[C@H]1[C@@H](C(=O)OC(C)(C)C)CCC[C@@H]1N(CCO[Si](c1ccccc1)(c1ccccc1)C(C)(C)C)CCO[Si](c1ccccc1)(c1ccccc1)C(C)(C)C. The molecule has 7 nitrogen and oxygen atoms in total. The molecule has 0 bridgehead atoms. The summed E-state index contributed by atoms with van der Waals surface area (Å²) in [6.45, 7) is 23.7. The third-order valence-electron chi connectivity index (χ3n) is 12.9. The molecule has 0 N–H and O–H groups in total. The van der Waals surface area contributed by atoms with E-state index in [0.29, 0.717) is 39.1 Å². The van der Waals surface area contributed by atoms with Gasteiger partial charge in [0.2, 0.25) is 0 Å². The molecule has 1 fully saturated rings. The van der Waals surface area contributed by atoms with Gasteiger partial charge in [0.25, 0.3) is 16.6 Å². The summed E-state index contributed by atoms with van der Waals surface area (Å²) in [5.74, 6) is -1.13. The van der Waals surface area contributed by atoms with E-state index in [4.69, 9.17) is 18.3 Å². The smallest absolute Gasteiger partial charge is 0.313 e. The number of esters is 2. The highest BCUT2D eigenvalue weighted by molar-refractivity contribution is 7.00. The summed E-state index contributed by atoms with van der Waals surface area (Å²) >= 11 is 0. The Hall–Kier alpha value is -3.87. The molecule has 5 rings (SSSR count). The van der Waals surface area contributed by atoms with E-state index in [9.17, 15) is 9.59 Å². The fraction of sp³-hybridized carbons (Fsp3) is 0.527. The first-order valence-corrected chi connectivity index (χ1v) is 27.9. The highest BCUT2D eigenvalue weighted by Crippen LogP contribution is 2.39. The van der Waals surface area contributed by atoms with Crippen molar-refractivity contribution >= 4 is 49.3 Å². The van der Waals surface area contributed by atoms with Gasteiger partial charge < -0.3 is 18.3 Å². The summed E-state index contributed by atoms with van der Waals surface area (Å²) < 4.78 is 27.7. The lowest BCUT2D eigenvalue weighted by Crippen LogP contribution is -2.67. The number of nitrogens with zero attached hydrogens (tertiary/aromatic N) is 1. The van der Waals surface area contributed by atoms with E-state index in [1.54, 1.807) is 0 Å². The number of hydrogen-bond acceptors (Lipinski definition) is 7. The summed E-state index contributed by atoms with van der Waals surface area (Å²) in [7, 11) is -5.75. The van der Waals surface area contributed by atoms with Crippen molar-refractivity contribution in [1.82, 2.24) is 4.90 Å². The molecule has 1 aliphatic carbocycles. The highest BCUT2D eigenvalue weighted by atomic mass is 28.4. The summed E-state index contributed by atoms with van der Waals surface area (Å²) in [4.78, 5) is 30.5. The Morgan fingerprint density at radius 2 is 0.984 bits per heavy atom. The van der Waals surface area contributed by atoms with Crippen LogP contribution in [0, 0.1) is 5.92 Å². The van der Waals surface area contributed by atoms with Crippen LogP contribution in [0.5, 0.6) is 0 Å². The predicted molar refractivity (Wildman–Crippen MR) is 269 cm³/mol. The Morgan fingerprint density at radius 3 is 1.36 bits per heavy atom. The molecule has 0 amide bonds. The van der Waals surface area contributed by atoms with Crippen LogP contribution in [0.25, 0.3) is 0 Å². The largest absolute Gasteiger partial charge is 0.460 e. The van der Waals surface area contributed by atoms with Crippen molar-refractivity contribution in [3.63, 3.8) is 0 Å². The van der Waals surface area contributed by atoms with Gasteiger partial charge in [-0.05, 0) is 70.9 Å². The van der Waals surface area contributed by atoms with Crippen LogP contribution in [0.4, 0.5) is 0 Å². The monoisotopic (exact) mass is 906 g/mol. The van der Waals surface area contributed by atoms with Crippen LogP contribution < -0.4 is 20.7 Å². The zero-order valence-electron chi connectivity index (χ0n) is 40.9. The van der Waals surface area contributed by atoms with Crippen LogP contribution in [-0.4, -0.2) is 77.5 Å². The fourth-order valence-corrected chi connectivity index (χ4v) is 19.1. The molecule has 64 heavy (non-hydrogen) atoms. The second-order valence-electron chi connectivity index (χ2n) is 20.8. The zero-order chi connectivity index (χ0) is 46.4. The van der Waals surface area contributed by atoms with Crippen LogP contribution >= 0.6 is 0 Å². The number of ether oxygens (including phenoxy) is 2. The van der Waals surface area contributed by atoms with Crippen molar-refractivity contribution in [3.05, 3.63) is 121 Å². The molecule has 1 aliphatic rings. The Balaban J connectivity index is 1.56. The first-order chi connectivity index (χ1) is 30.4. The minimum Gasteiger partial charge on any atom is -0.460 e. The topological polar surface area (TPSA) is 74.3 Å². The molecule has 0 aliphatic heterocycles. The van der Waals surface area contributed by atoms with Crippen molar-refractivity contribution in [1.29, 1.82) is 0 Å². The number of benzene rings is 4. The average molecular weight is 906 g/mol. The number of hydrogen-bond donors (Lipinski definition) is 0. The minimum absolute atomic E-state index is 0.200. The number of rotatable bonds is 21. The lowest BCUT2D eigenvalue weighted by atomic mass is 9.81. The van der Waals surface area contributed by atoms with E-state index in [1.807, 2.05) is 20.8 Å². The van der Waals surface area contributed by atoms with Gasteiger partial charge in [-0.25, -0.2) is 0 Å². The first kappa shape index (κ1) is 51.1. The van der Waals surface area contributed by atoms with Crippen molar-refractivity contribution in [2.45, 2.75) is 155 Å². The predicted octanol–water partition coefficient (Wildman–Crippen LogP) is 10.2. The molecule has 0 unspecified atom stereocenters. The Kier molecular flexibility index (Phi) is 18.4. The molecular weight excluding hydrogens is 827 g/mol. The second-order valence-corrected chi connectivity index (χ2v) is 29.4. The Labute approximate surface area is 388 Å². The van der Waals surface area contributed by atoms with Gasteiger partial charge in [0.15, 0.2) is 0 Å². The number of unbranched alkanes of at least 4 members (excludes halogenated alkanes) is 4. The molecule has 0 spiro atoms. The van der Waals surface area contributed by atoms with Gasteiger partial charge in [0, 0.05) is 38.8 Å². The third-order valence-corrected chi connectivity index (χ3v) is 23.0. The van der Waals surface area contributed by atoms with Gasteiger partial charge in [0.1, 0.15) is 11.7 Å². The molecule has 3 atom stereocenters. The van der Waals surface area contributed by atoms with Gasteiger partial charge in [-0.2, -0.15) is 0 Å². The maximum Gasteiger partial charge on any atom is 0.313 e. The van der Waals surface area contributed by atoms with Crippen molar-refractivity contribution in [2.24, 2.45) is 5.92 Å². The van der Waals surface area contributed by atoms with Gasteiger partial charge in [-0.15, -0.1) is 0 Å². The first-order valence-electron chi connectivity index (χ1n) is 24.1. The maximum atomic E-state index is 14.2. The molecule has 4 aromatic rings. The molecule has 0 saturated heterocycles. The molecule has 348 valence electrons. The molecule has 0 radical (unpaired) electrons. The van der Waals surface area contributed by atoms with Gasteiger partial charge in [-0.1, -0.05) is 202 Å². The second kappa shape index (κ2) is 23.0. The molecular formula is C55H79NO6Si2. The summed E-state index contributed by atoms with van der Waals surface area (Å²) in [5, 5.41) is 4.50. The van der Waals surface area contributed by atoms with E-state index < -0.39 is 34.3 Å². The number of carbonyl (C=O) groups excluding carboxylic acids is 2. The summed E-state index contributed by atoms with van der Waals surface area (Å²) in [6, 6.07) is 42.8. The lowest BCUT2D eigenvalue weighted by Gasteiger charge is -2.46. The van der Waals surface area contributed by atoms with Crippen LogP contribution in [0.3, 0.4) is 0 Å². The van der Waals surface area contributed by atoms with E-state index in [1.165, 1.54) is 20.7 Å². The Morgan fingerprint density at radius 1 is 0.578 bits per heavy atom. The van der Waals surface area contributed by atoms with Crippen molar-refractivity contribution < 1.29 is 27.9 Å². The fourth-order valence-electron chi connectivity index (χ4n) is 10.0. The van der Waals surface area contributed by atoms with E-state index in [2.05, 4.69) is 175 Å². The van der Waals surface area contributed by atoms with E-state index >= 15 is 0 Å². The highest BCUT2D eigenvalue weighted by Gasteiger charge is 2.52. The lowest BCUT2D eigenvalue weighted by molar-refractivity contribution is -0.177. The molecule has 9 heteroatoms. The third kappa shape index (κ3) is 12.7. The standard InChI is InChI=1S/C55H79NO6Si2/c1-11-12-13-14-27-39-50(57)61-51-48(52(58)62-53(2,3)4)37-28-38-49(51)56(40-42-59-63(54(5,6)7,44-29-19-15-20-30-44)45-31-21-16-22-32-45)41-43-60-64(55(8,9)10,46-33-23-17-24-34-46)47-35-25-18-26-36-47/h15-26,29-36,48-49,51H,11-14,27-28,37-43H2,1-10H3/t48-,49-,51-/m0/s1. The van der Waals surface area contributed by atoms with Crippen LogP contribution in [-0.2, 0) is 27.9 Å². The average Bonchev–Trinajstić information content (AvgIpc) is 3.26. The molecule has 0 heterocycles. The van der Waals surface area contributed by atoms with Gasteiger partial charge >= 0.3 is 11.9 Å². The quantitative estimate of drug-likeness (QED) is 0.0469. The Bertz CT molecular complexity index is 1810. The van der Waals surface area contributed by atoms with E-state index in [0.717, 1.165) is 44.9 Å². The van der Waals surface area contributed by atoms with E-state index in [-0.39, 0.29) is 28.1 Å². The van der Waals surface area contributed by atoms with Crippen molar-refractivity contribution in [2.75, 3.05) is 26.3 Å². The molecule has 0 aromatic heterocycles. The molecule has 4 aromatic carbocycles. The van der Waals surface area contributed by atoms with Crippen LogP contribution in [0.2, 0.25) is 10.1 Å². The minimum atomic E-state index is -2.88. The summed E-state index contributed by atoms with van der Waals surface area (Å²) in [6.07, 6.45) is 6.99. The van der Waals surface area contributed by atoms with Gasteiger partial charge in [-0.3, -0.25) is 14.5 Å². The summed E-state index contributed by atoms with van der Waals surface area (Å²) in [5.41, 5.74) is -0.676. The normalized spacial score (nSPS) is 17.6.